The molecule has 0 aliphatic carbocycles. The Kier molecular flexibility index (Phi) is 5.66. The number of rotatable bonds is 5. The Labute approximate surface area is 137 Å². The van der Waals surface area contributed by atoms with Crippen LogP contribution in [0.25, 0.3) is 0 Å². The second kappa shape index (κ2) is 7.70. The fourth-order valence-electron chi connectivity index (χ4n) is 1.76. The molecule has 2 aromatic rings. The first-order valence-corrected chi connectivity index (χ1v) is 7.60. The van der Waals surface area contributed by atoms with Gasteiger partial charge in [0, 0.05) is 35.0 Å². The third-order valence-corrected chi connectivity index (χ3v) is 3.50. The third-order valence-electron chi connectivity index (χ3n) is 2.98. The third kappa shape index (κ3) is 4.66. The number of halogens is 1. The molecule has 2 amide bonds. The van der Waals surface area contributed by atoms with Crippen molar-refractivity contribution in [2.45, 2.75) is 6.92 Å². The van der Waals surface area contributed by atoms with E-state index in [1.165, 1.54) is 6.20 Å². The van der Waals surface area contributed by atoms with Crippen molar-refractivity contribution in [3.05, 3.63) is 63.9 Å². The van der Waals surface area contributed by atoms with Gasteiger partial charge < -0.3 is 10.6 Å². The highest BCUT2D eigenvalue weighted by Gasteiger charge is 2.06. The molecule has 2 rings (SSSR count). The minimum absolute atomic E-state index is 0.168. The van der Waals surface area contributed by atoms with Crippen molar-refractivity contribution in [2.24, 2.45) is 0 Å². The van der Waals surface area contributed by atoms with Gasteiger partial charge in [-0.2, -0.15) is 0 Å². The van der Waals surface area contributed by atoms with Gasteiger partial charge in [0.05, 0.1) is 5.56 Å². The molecule has 0 aliphatic heterocycles. The zero-order valence-corrected chi connectivity index (χ0v) is 13.7. The number of aryl methyl sites for hydroxylation is 1. The van der Waals surface area contributed by atoms with Crippen LogP contribution in [0.2, 0.25) is 0 Å². The molecule has 6 heteroatoms. The molecular formula is C16H16BrN3O2. The predicted molar refractivity (Wildman–Crippen MR) is 87.8 cm³/mol. The van der Waals surface area contributed by atoms with E-state index in [1.54, 1.807) is 36.4 Å². The van der Waals surface area contributed by atoms with Crippen molar-refractivity contribution in [1.82, 2.24) is 15.6 Å². The van der Waals surface area contributed by atoms with E-state index in [9.17, 15) is 9.59 Å². The highest BCUT2D eigenvalue weighted by Crippen LogP contribution is 2.10. The van der Waals surface area contributed by atoms with Crippen molar-refractivity contribution in [3.8, 4) is 0 Å². The Morgan fingerprint density at radius 1 is 0.955 bits per heavy atom. The maximum Gasteiger partial charge on any atom is 0.252 e. The molecule has 0 aliphatic rings. The number of nitrogens with one attached hydrogen (secondary N) is 2. The Morgan fingerprint density at radius 2 is 1.50 bits per heavy atom. The first kappa shape index (κ1) is 16.2. The number of hydrogen-bond donors (Lipinski definition) is 2. The van der Waals surface area contributed by atoms with Crippen LogP contribution >= 0.6 is 15.9 Å². The molecule has 1 aromatic heterocycles. The molecule has 0 spiro atoms. The van der Waals surface area contributed by atoms with Gasteiger partial charge in [-0.1, -0.05) is 15.9 Å². The van der Waals surface area contributed by atoms with Crippen LogP contribution in [-0.4, -0.2) is 29.9 Å². The van der Waals surface area contributed by atoms with Gasteiger partial charge in [0.2, 0.25) is 0 Å². The number of nitrogens with zero attached hydrogens (tertiary/aromatic N) is 1. The molecule has 0 bridgehead atoms. The summed E-state index contributed by atoms with van der Waals surface area (Å²) in [6.45, 7) is 2.58. The number of amides is 2. The molecular weight excluding hydrogens is 346 g/mol. The summed E-state index contributed by atoms with van der Waals surface area (Å²) in [4.78, 5) is 27.8. The largest absolute Gasteiger partial charge is 0.350 e. The molecule has 0 unspecified atom stereocenters. The van der Waals surface area contributed by atoms with Crippen molar-refractivity contribution in [1.29, 1.82) is 0 Å². The summed E-state index contributed by atoms with van der Waals surface area (Å²) in [5.74, 6) is -0.371. The predicted octanol–water partition coefficient (Wildman–Crippen LogP) is 2.31. The van der Waals surface area contributed by atoms with Gasteiger partial charge in [-0.05, 0) is 43.3 Å². The summed E-state index contributed by atoms with van der Waals surface area (Å²) in [6.07, 6.45) is 1.53. The molecule has 0 saturated heterocycles. The lowest BCUT2D eigenvalue weighted by atomic mass is 10.2. The van der Waals surface area contributed by atoms with E-state index in [2.05, 4.69) is 31.5 Å². The van der Waals surface area contributed by atoms with Gasteiger partial charge in [-0.3, -0.25) is 14.6 Å². The fraction of sp³-hybridized carbons (Fsp3) is 0.188. The number of pyridine rings is 1. The summed E-state index contributed by atoms with van der Waals surface area (Å²) in [7, 11) is 0. The topological polar surface area (TPSA) is 71.1 Å². The van der Waals surface area contributed by atoms with Gasteiger partial charge in [0.25, 0.3) is 11.8 Å². The second-order valence-corrected chi connectivity index (χ2v) is 5.62. The molecule has 22 heavy (non-hydrogen) atoms. The van der Waals surface area contributed by atoms with Gasteiger partial charge in [0.1, 0.15) is 0 Å². The van der Waals surface area contributed by atoms with Gasteiger partial charge in [-0.25, -0.2) is 0 Å². The van der Waals surface area contributed by atoms with Crippen molar-refractivity contribution < 1.29 is 9.59 Å². The van der Waals surface area contributed by atoms with Crippen LogP contribution in [0, 0.1) is 6.92 Å². The zero-order chi connectivity index (χ0) is 15.9. The standard InChI is InChI=1S/C16H16BrN3O2/c1-11-2-3-13(10-20-11)16(22)19-9-8-18-15(21)12-4-6-14(17)7-5-12/h2-7,10H,8-9H2,1H3,(H,18,21)(H,19,22). The van der Waals surface area contributed by atoms with E-state index < -0.39 is 0 Å². The first-order chi connectivity index (χ1) is 10.6. The maximum absolute atomic E-state index is 11.9. The second-order valence-electron chi connectivity index (χ2n) is 4.71. The van der Waals surface area contributed by atoms with E-state index in [0.29, 0.717) is 24.2 Å². The molecule has 0 radical (unpaired) electrons. The minimum Gasteiger partial charge on any atom is -0.350 e. The van der Waals surface area contributed by atoms with Crippen molar-refractivity contribution in [3.63, 3.8) is 0 Å². The van der Waals surface area contributed by atoms with E-state index in [-0.39, 0.29) is 11.8 Å². The molecule has 5 nitrogen and oxygen atoms in total. The van der Waals surface area contributed by atoms with Gasteiger partial charge in [-0.15, -0.1) is 0 Å². The molecule has 0 fully saturated rings. The van der Waals surface area contributed by atoms with Crippen LogP contribution in [-0.2, 0) is 0 Å². The van der Waals surface area contributed by atoms with E-state index >= 15 is 0 Å². The van der Waals surface area contributed by atoms with Crippen LogP contribution < -0.4 is 10.6 Å². The van der Waals surface area contributed by atoms with Crippen LogP contribution in [0.5, 0.6) is 0 Å². The maximum atomic E-state index is 11.9. The van der Waals surface area contributed by atoms with Gasteiger partial charge in [0.15, 0.2) is 0 Å². The number of carbonyl (C=O) groups excluding carboxylic acids is 2. The van der Waals surface area contributed by atoms with E-state index in [1.807, 2.05) is 6.92 Å². The lowest BCUT2D eigenvalue weighted by Gasteiger charge is -2.07. The summed E-state index contributed by atoms with van der Waals surface area (Å²) >= 11 is 3.32. The molecule has 0 saturated carbocycles. The molecule has 0 atom stereocenters. The quantitative estimate of drug-likeness (QED) is 0.802. The van der Waals surface area contributed by atoms with Gasteiger partial charge >= 0.3 is 0 Å². The monoisotopic (exact) mass is 361 g/mol. The summed E-state index contributed by atoms with van der Waals surface area (Å²) in [5, 5.41) is 5.48. The number of aromatic nitrogens is 1. The average molecular weight is 362 g/mol. The first-order valence-electron chi connectivity index (χ1n) is 6.81. The molecule has 1 heterocycles. The Bertz CT molecular complexity index is 595. The van der Waals surface area contributed by atoms with Crippen LogP contribution in [0.4, 0.5) is 0 Å². The Balaban J connectivity index is 1.74. The van der Waals surface area contributed by atoms with Crippen molar-refractivity contribution in [2.75, 3.05) is 13.1 Å². The zero-order valence-electron chi connectivity index (χ0n) is 12.1. The van der Waals surface area contributed by atoms with E-state index in [0.717, 1.165) is 10.2 Å². The highest BCUT2D eigenvalue weighted by molar-refractivity contribution is 9.10. The highest BCUT2D eigenvalue weighted by atomic mass is 79.9. The normalized spacial score (nSPS) is 10.1. The van der Waals surface area contributed by atoms with Crippen LogP contribution in [0.15, 0.2) is 47.1 Å². The SMILES string of the molecule is Cc1ccc(C(=O)NCCNC(=O)c2ccc(Br)cc2)cn1. The fourth-order valence-corrected chi connectivity index (χ4v) is 2.02. The average Bonchev–Trinajstić information content (AvgIpc) is 2.52. The molecule has 2 N–H and O–H groups in total. The smallest absolute Gasteiger partial charge is 0.252 e. The summed E-state index contributed by atoms with van der Waals surface area (Å²) in [6, 6.07) is 10.6. The lowest BCUT2D eigenvalue weighted by Crippen LogP contribution is -2.34. The number of benzene rings is 1. The number of carbonyl (C=O) groups is 2. The molecule has 1 aromatic carbocycles. The number of hydrogen-bond acceptors (Lipinski definition) is 3. The van der Waals surface area contributed by atoms with Crippen molar-refractivity contribution >= 4 is 27.7 Å². The molecule has 114 valence electrons. The lowest BCUT2D eigenvalue weighted by molar-refractivity contribution is 0.0927. The summed E-state index contributed by atoms with van der Waals surface area (Å²) in [5.41, 5.74) is 1.94. The van der Waals surface area contributed by atoms with Crippen LogP contribution in [0.1, 0.15) is 26.4 Å². The van der Waals surface area contributed by atoms with Crippen LogP contribution in [0.3, 0.4) is 0 Å². The summed E-state index contributed by atoms with van der Waals surface area (Å²) < 4.78 is 0.919. The minimum atomic E-state index is -0.203. The Hall–Kier alpha value is -2.21. The Morgan fingerprint density at radius 3 is 2.05 bits per heavy atom. The van der Waals surface area contributed by atoms with E-state index in [4.69, 9.17) is 0 Å².